The lowest BCUT2D eigenvalue weighted by atomic mass is 9.93. The first-order valence-corrected chi connectivity index (χ1v) is 8.16. The molecular formula is C19H18N4O2. The molecule has 0 spiro atoms. The average Bonchev–Trinajstić information content (AvgIpc) is 3.03. The van der Waals surface area contributed by atoms with Crippen molar-refractivity contribution < 1.29 is 9.53 Å². The molecule has 6 heteroatoms. The molecule has 1 atom stereocenters. The number of fused-ring (bicyclic) bond motifs is 1. The molecule has 1 aliphatic heterocycles. The first-order valence-electron chi connectivity index (χ1n) is 8.16. The fourth-order valence-electron chi connectivity index (χ4n) is 3.23. The van der Waals surface area contributed by atoms with Crippen LogP contribution in [0.2, 0.25) is 0 Å². The van der Waals surface area contributed by atoms with Crippen molar-refractivity contribution in [2.45, 2.75) is 12.3 Å². The molecule has 1 unspecified atom stereocenters. The summed E-state index contributed by atoms with van der Waals surface area (Å²) in [5.74, 6) is 1.48. The van der Waals surface area contributed by atoms with Crippen molar-refractivity contribution >= 4 is 5.91 Å². The molecule has 4 rings (SSSR count). The number of aromatic nitrogens is 3. The van der Waals surface area contributed by atoms with Crippen LogP contribution in [0, 0.1) is 0 Å². The highest BCUT2D eigenvalue weighted by atomic mass is 16.5. The van der Waals surface area contributed by atoms with Gasteiger partial charge < -0.3 is 15.0 Å². The van der Waals surface area contributed by atoms with E-state index in [1.807, 2.05) is 36.4 Å². The van der Waals surface area contributed by atoms with Crippen LogP contribution in [0.25, 0.3) is 11.4 Å². The topological polar surface area (TPSA) is 79.9 Å². The monoisotopic (exact) mass is 334 g/mol. The highest BCUT2D eigenvalue weighted by molar-refractivity contribution is 5.94. The van der Waals surface area contributed by atoms with Crippen molar-refractivity contribution in [2.75, 3.05) is 13.7 Å². The van der Waals surface area contributed by atoms with E-state index in [9.17, 15) is 4.79 Å². The van der Waals surface area contributed by atoms with Crippen LogP contribution in [0.5, 0.6) is 5.75 Å². The number of amides is 1. The van der Waals surface area contributed by atoms with Crippen molar-refractivity contribution in [3.05, 3.63) is 65.7 Å². The summed E-state index contributed by atoms with van der Waals surface area (Å²) in [6.45, 7) is 0.550. The molecule has 25 heavy (non-hydrogen) atoms. The average molecular weight is 334 g/mol. The van der Waals surface area contributed by atoms with Gasteiger partial charge in [-0.25, -0.2) is 4.98 Å². The Morgan fingerprint density at radius 1 is 1.16 bits per heavy atom. The Labute approximate surface area is 145 Å². The quantitative estimate of drug-likeness (QED) is 0.771. The number of para-hydroxylation sites is 1. The van der Waals surface area contributed by atoms with Gasteiger partial charge in [0.1, 0.15) is 17.3 Å². The van der Waals surface area contributed by atoms with Crippen LogP contribution in [0.15, 0.2) is 48.8 Å². The van der Waals surface area contributed by atoms with E-state index >= 15 is 0 Å². The van der Waals surface area contributed by atoms with Crippen molar-refractivity contribution in [3.63, 3.8) is 0 Å². The van der Waals surface area contributed by atoms with E-state index in [-0.39, 0.29) is 11.8 Å². The Morgan fingerprint density at radius 2 is 1.96 bits per heavy atom. The summed E-state index contributed by atoms with van der Waals surface area (Å²) in [6, 6.07) is 11.7. The number of ether oxygens (including phenoxy) is 1. The lowest BCUT2D eigenvalue weighted by Crippen LogP contribution is -2.26. The summed E-state index contributed by atoms with van der Waals surface area (Å²) in [5.41, 5.74) is 3.30. The first kappa shape index (κ1) is 15.4. The molecule has 0 aliphatic carbocycles. The molecule has 1 aliphatic rings. The number of pyridine rings is 1. The van der Waals surface area contributed by atoms with Crippen LogP contribution < -0.4 is 10.1 Å². The number of methoxy groups -OCH3 is 1. The predicted octanol–water partition coefficient (Wildman–Crippen LogP) is 2.55. The molecule has 0 saturated heterocycles. The Bertz CT molecular complexity index is 905. The highest BCUT2D eigenvalue weighted by Gasteiger charge is 2.27. The summed E-state index contributed by atoms with van der Waals surface area (Å²) >= 11 is 0. The minimum Gasteiger partial charge on any atom is -0.496 e. The first-order chi connectivity index (χ1) is 12.3. The van der Waals surface area contributed by atoms with E-state index in [4.69, 9.17) is 4.74 Å². The van der Waals surface area contributed by atoms with E-state index in [1.54, 1.807) is 19.5 Å². The Morgan fingerprint density at radius 3 is 2.76 bits per heavy atom. The molecule has 1 aromatic carbocycles. The standard InChI is InChI=1S/C19H18N4O2/c1-25-16-5-3-2-4-14(16)13-10-15-17(19(24)21-11-13)23-18(22-15)12-6-8-20-9-7-12/h2-9,13H,10-11H2,1H3,(H,21,24)(H,22,23). The molecule has 0 saturated carbocycles. The zero-order valence-electron chi connectivity index (χ0n) is 13.8. The fraction of sp³-hybridized carbons (Fsp3) is 0.211. The van der Waals surface area contributed by atoms with Crippen LogP contribution in [0.1, 0.15) is 27.7 Å². The number of carbonyl (C=O) groups excluding carboxylic acids is 1. The third-order valence-electron chi connectivity index (χ3n) is 4.49. The van der Waals surface area contributed by atoms with Gasteiger partial charge in [0.2, 0.25) is 0 Å². The molecule has 2 N–H and O–H groups in total. The third-order valence-corrected chi connectivity index (χ3v) is 4.49. The van der Waals surface area contributed by atoms with Gasteiger partial charge in [-0.3, -0.25) is 9.78 Å². The maximum Gasteiger partial charge on any atom is 0.271 e. The van der Waals surface area contributed by atoms with Crippen LogP contribution in [-0.4, -0.2) is 34.5 Å². The number of H-pyrrole nitrogens is 1. The molecule has 3 aromatic rings. The number of carbonyl (C=O) groups is 1. The Kier molecular flexibility index (Phi) is 3.93. The number of benzene rings is 1. The zero-order valence-corrected chi connectivity index (χ0v) is 13.8. The molecule has 0 radical (unpaired) electrons. The van der Waals surface area contributed by atoms with Gasteiger partial charge in [0.15, 0.2) is 0 Å². The summed E-state index contributed by atoms with van der Waals surface area (Å²) in [7, 11) is 1.66. The number of rotatable bonds is 3. The van der Waals surface area contributed by atoms with Gasteiger partial charge in [-0.2, -0.15) is 0 Å². The lowest BCUT2D eigenvalue weighted by Gasteiger charge is -2.17. The number of nitrogens with one attached hydrogen (secondary N) is 2. The van der Waals surface area contributed by atoms with Gasteiger partial charge in [0.05, 0.1) is 7.11 Å². The van der Waals surface area contributed by atoms with Crippen LogP contribution in [0.3, 0.4) is 0 Å². The second-order valence-corrected chi connectivity index (χ2v) is 6.00. The minimum absolute atomic E-state index is 0.118. The van der Waals surface area contributed by atoms with E-state index in [2.05, 4.69) is 20.3 Å². The largest absolute Gasteiger partial charge is 0.496 e. The smallest absolute Gasteiger partial charge is 0.271 e. The number of hydrogen-bond donors (Lipinski definition) is 2. The molecule has 0 fully saturated rings. The molecule has 6 nitrogen and oxygen atoms in total. The van der Waals surface area contributed by atoms with Crippen LogP contribution in [-0.2, 0) is 6.42 Å². The van der Waals surface area contributed by atoms with Crippen molar-refractivity contribution in [1.82, 2.24) is 20.3 Å². The van der Waals surface area contributed by atoms with Crippen molar-refractivity contribution in [2.24, 2.45) is 0 Å². The van der Waals surface area contributed by atoms with Crippen molar-refractivity contribution in [3.8, 4) is 17.1 Å². The van der Waals surface area contributed by atoms with Gasteiger partial charge in [0.25, 0.3) is 5.91 Å². The van der Waals surface area contributed by atoms with Gasteiger partial charge in [-0.1, -0.05) is 18.2 Å². The maximum atomic E-state index is 12.4. The van der Waals surface area contributed by atoms with E-state index in [0.717, 1.165) is 22.6 Å². The predicted molar refractivity (Wildman–Crippen MR) is 93.6 cm³/mol. The number of imidazole rings is 1. The number of hydrogen-bond acceptors (Lipinski definition) is 4. The maximum absolute atomic E-state index is 12.4. The second kappa shape index (κ2) is 6.39. The lowest BCUT2D eigenvalue weighted by molar-refractivity contribution is 0.0950. The van der Waals surface area contributed by atoms with Gasteiger partial charge in [0, 0.05) is 36.1 Å². The SMILES string of the molecule is COc1ccccc1C1CNC(=O)c2nc(-c3ccncc3)[nH]c2C1. The summed E-state index contributed by atoms with van der Waals surface area (Å²) in [4.78, 5) is 24.3. The summed E-state index contributed by atoms with van der Waals surface area (Å²) in [5, 5.41) is 2.98. The van der Waals surface area contributed by atoms with Gasteiger partial charge in [-0.15, -0.1) is 0 Å². The fourth-order valence-corrected chi connectivity index (χ4v) is 3.23. The number of aromatic amines is 1. The Hall–Kier alpha value is -3.15. The minimum atomic E-state index is -0.149. The molecular weight excluding hydrogens is 316 g/mol. The van der Waals surface area contributed by atoms with E-state index in [1.165, 1.54) is 0 Å². The molecule has 0 bridgehead atoms. The second-order valence-electron chi connectivity index (χ2n) is 6.00. The summed E-state index contributed by atoms with van der Waals surface area (Å²) < 4.78 is 5.48. The van der Waals surface area contributed by atoms with Gasteiger partial charge in [-0.05, 0) is 30.2 Å². The normalized spacial score (nSPS) is 16.7. The van der Waals surface area contributed by atoms with E-state index in [0.29, 0.717) is 24.5 Å². The third kappa shape index (κ3) is 2.87. The molecule has 3 heterocycles. The molecule has 126 valence electrons. The zero-order chi connectivity index (χ0) is 17.2. The van der Waals surface area contributed by atoms with Gasteiger partial charge >= 0.3 is 0 Å². The van der Waals surface area contributed by atoms with Crippen molar-refractivity contribution in [1.29, 1.82) is 0 Å². The van der Waals surface area contributed by atoms with Crippen LogP contribution in [0.4, 0.5) is 0 Å². The molecule has 1 amide bonds. The van der Waals surface area contributed by atoms with E-state index < -0.39 is 0 Å². The van der Waals surface area contributed by atoms with Crippen LogP contribution >= 0.6 is 0 Å². The number of nitrogens with zero attached hydrogens (tertiary/aromatic N) is 2. The molecule has 2 aromatic heterocycles. The summed E-state index contributed by atoms with van der Waals surface area (Å²) in [6.07, 6.45) is 4.11. The Balaban J connectivity index is 1.72. The highest BCUT2D eigenvalue weighted by Crippen LogP contribution is 2.31.